The van der Waals surface area contributed by atoms with Crippen molar-refractivity contribution in [3.8, 4) is 5.75 Å². The van der Waals surface area contributed by atoms with Crippen LogP contribution in [0.4, 0.5) is 14.6 Å². The summed E-state index contributed by atoms with van der Waals surface area (Å²) in [6.45, 7) is 6.09. The van der Waals surface area contributed by atoms with Gasteiger partial charge in [0, 0.05) is 23.4 Å². The van der Waals surface area contributed by atoms with E-state index in [0.29, 0.717) is 0 Å². The summed E-state index contributed by atoms with van der Waals surface area (Å²) in [7, 11) is -4.23. The van der Waals surface area contributed by atoms with Gasteiger partial charge in [-0.15, -0.1) is 11.3 Å². The molecule has 1 aromatic heterocycles. The van der Waals surface area contributed by atoms with Crippen LogP contribution in [0.2, 0.25) is 5.02 Å². The van der Waals surface area contributed by atoms with E-state index in [0.717, 1.165) is 49.2 Å². The second-order valence-corrected chi connectivity index (χ2v) is 11.4. The van der Waals surface area contributed by atoms with Gasteiger partial charge in [0.15, 0.2) is 5.82 Å². The van der Waals surface area contributed by atoms with Crippen LogP contribution in [0.1, 0.15) is 32.3 Å². The summed E-state index contributed by atoms with van der Waals surface area (Å²) in [6, 6.07) is 8.56. The van der Waals surface area contributed by atoms with Crippen molar-refractivity contribution in [2.75, 3.05) is 24.4 Å². The molecule has 1 unspecified atom stereocenters. The van der Waals surface area contributed by atoms with Crippen molar-refractivity contribution in [1.29, 1.82) is 0 Å². The zero-order valence-corrected chi connectivity index (χ0v) is 22.8. The number of nitrogens with one attached hydrogen (secondary N) is 1. The van der Waals surface area contributed by atoms with E-state index < -0.39 is 20.7 Å². The van der Waals surface area contributed by atoms with Gasteiger partial charge in [0.2, 0.25) is 0 Å². The van der Waals surface area contributed by atoms with Crippen LogP contribution >= 0.6 is 22.9 Å². The van der Waals surface area contributed by atoms with Gasteiger partial charge in [-0.3, -0.25) is 4.72 Å². The fourth-order valence-corrected chi connectivity index (χ4v) is 6.66. The molecule has 1 heterocycles. The van der Waals surface area contributed by atoms with Crippen LogP contribution < -0.4 is 9.46 Å². The molecule has 198 valence electrons. The summed E-state index contributed by atoms with van der Waals surface area (Å²) in [4.78, 5) is 5.63. The molecular formula is C26H28ClF2N3O3S2. The molecule has 2 atom stereocenters. The molecular weight excluding hydrogens is 540 g/mol. The third-order valence-electron chi connectivity index (χ3n) is 6.52. The number of halogens is 3. The van der Waals surface area contributed by atoms with E-state index in [1.807, 2.05) is 0 Å². The Balaban J connectivity index is 1.60. The second kappa shape index (κ2) is 11.9. The summed E-state index contributed by atoms with van der Waals surface area (Å²) in [5.74, 6) is -1.24. The lowest BCUT2D eigenvalue weighted by Crippen LogP contribution is -2.44. The summed E-state index contributed by atoms with van der Waals surface area (Å²) in [6.07, 6.45) is 3.93. The smallest absolute Gasteiger partial charge is 0.266 e. The summed E-state index contributed by atoms with van der Waals surface area (Å²) < 4.78 is 62.2. The molecule has 37 heavy (non-hydrogen) atoms. The summed E-state index contributed by atoms with van der Waals surface area (Å²) >= 11 is 7.57. The van der Waals surface area contributed by atoms with Crippen LogP contribution in [-0.2, 0) is 10.0 Å². The van der Waals surface area contributed by atoms with Crippen molar-refractivity contribution in [3.63, 3.8) is 0 Å². The minimum Gasteiger partial charge on any atom is -0.491 e. The number of thiazole rings is 1. The lowest BCUT2D eigenvalue weighted by atomic mass is 9.79. The van der Waals surface area contributed by atoms with Gasteiger partial charge in [-0.05, 0) is 55.3 Å². The highest BCUT2D eigenvalue weighted by molar-refractivity contribution is 7.92. The van der Waals surface area contributed by atoms with Crippen molar-refractivity contribution in [1.82, 2.24) is 9.88 Å². The van der Waals surface area contributed by atoms with Gasteiger partial charge >= 0.3 is 0 Å². The zero-order chi connectivity index (χ0) is 26.6. The number of sulfonamides is 1. The number of benzene rings is 2. The molecule has 1 aliphatic rings. The number of hydrogen-bond donors (Lipinski definition) is 1. The maximum Gasteiger partial charge on any atom is 0.266 e. The fraction of sp³-hybridized carbons (Fsp3) is 0.346. The monoisotopic (exact) mass is 567 g/mol. The number of allylic oxidation sites excluding steroid dienone is 1. The number of hydrogen-bond acceptors (Lipinski definition) is 6. The van der Waals surface area contributed by atoms with E-state index in [1.165, 1.54) is 34.4 Å². The molecule has 0 aliphatic heterocycles. The minimum absolute atomic E-state index is 0.0254. The average Bonchev–Trinajstić information content (AvgIpc) is 3.38. The van der Waals surface area contributed by atoms with Gasteiger partial charge in [0.25, 0.3) is 10.0 Å². The van der Waals surface area contributed by atoms with Crippen LogP contribution in [0.5, 0.6) is 5.75 Å². The summed E-state index contributed by atoms with van der Waals surface area (Å²) in [5, 5.41) is 1.47. The van der Waals surface area contributed by atoms with Crippen LogP contribution in [0.15, 0.2) is 58.3 Å². The van der Waals surface area contributed by atoms with Crippen molar-refractivity contribution in [2.45, 2.75) is 37.6 Å². The van der Waals surface area contributed by atoms with E-state index in [1.54, 1.807) is 12.1 Å². The first-order chi connectivity index (χ1) is 17.7. The molecule has 4 rings (SSSR count). The largest absolute Gasteiger partial charge is 0.491 e. The van der Waals surface area contributed by atoms with E-state index in [9.17, 15) is 17.2 Å². The highest BCUT2D eigenvalue weighted by atomic mass is 35.5. The topological polar surface area (TPSA) is 71.5 Å². The van der Waals surface area contributed by atoms with Crippen molar-refractivity contribution < 1.29 is 21.9 Å². The highest BCUT2D eigenvalue weighted by Crippen LogP contribution is 2.38. The van der Waals surface area contributed by atoms with Gasteiger partial charge < -0.3 is 9.64 Å². The Kier molecular flexibility index (Phi) is 8.84. The Morgan fingerprint density at radius 3 is 2.57 bits per heavy atom. The normalized spacial score (nSPS) is 18.1. The number of anilines is 1. The van der Waals surface area contributed by atoms with Crippen LogP contribution in [0, 0.1) is 17.6 Å². The molecule has 0 bridgehead atoms. The highest BCUT2D eigenvalue weighted by Gasteiger charge is 2.33. The molecule has 0 saturated heterocycles. The SMILES string of the molecule is CCN(CC)[C@@H]1CCC=C(c2ccc(F)cc2)C1COc1cc(F)c(S(=O)(=O)Nc2cscn2)cc1Cl. The van der Waals surface area contributed by atoms with Gasteiger partial charge in [-0.2, -0.15) is 0 Å². The number of aromatic nitrogens is 1. The fourth-order valence-electron chi connectivity index (χ4n) is 4.74. The summed E-state index contributed by atoms with van der Waals surface area (Å²) in [5.41, 5.74) is 3.40. The lowest BCUT2D eigenvalue weighted by molar-refractivity contribution is 0.131. The van der Waals surface area contributed by atoms with E-state index >= 15 is 0 Å². The number of rotatable bonds is 10. The first-order valence-electron chi connectivity index (χ1n) is 12.0. The molecule has 0 amide bonds. The first-order valence-corrected chi connectivity index (χ1v) is 14.8. The van der Waals surface area contributed by atoms with E-state index in [-0.39, 0.29) is 41.0 Å². The Labute approximate surface area is 225 Å². The van der Waals surface area contributed by atoms with Gasteiger partial charge in [0.1, 0.15) is 22.3 Å². The van der Waals surface area contributed by atoms with Gasteiger partial charge in [0.05, 0.1) is 17.1 Å². The van der Waals surface area contributed by atoms with Crippen molar-refractivity contribution in [2.24, 2.45) is 5.92 Å². The van der Waals surface area contributed by atoms with Crippen LogP contribution in [0.3, 0.4) is 0 Å². The first kappa shape index (κ1) is 27.5. The Hall–Kier alpha value is -2.53. The van der Waals surface area contributed by atoms with Crippen LogP contribution in [-0.4, -0.2) is 44.0 Å². The van der Waals surface area contributed by atoms with Crippen molar-refractivity contribution >= 4 is 44.4 Å². The molecule has 3 aromatic rings. The maximum atomic E-state index is 15.0. The predicted octanol–water partition coefficient (Wildman–Crippen LogP) is 6.46. The third-order valence-corrected chi connectivity index (χ3v) is 8.77. The predicted molar refractivity (Wildman–Crippen MR) is 144 cm³/mol. The number of ether oxygens (including phenoxy) is 1. The standard InChI is InChI=1S/C26H28ClF2N3O3S2/c1-3-32(4-2)23-7-5-6-19(17-8-10-18(28)11-9-17)20(23)14-35-24-13-22(29)25(12-21(24)27)37(33,34)31-26-15-36-16-30-26/h6,8-13,15-16,20,23,31H,3-5,7,14H2,1-2H3/t20?,23-/m1/s1. The molecule has 1 aliphatic carbocycles. The lowest BCUT2D eigenvalue weighted by Gasteiger charge is -2.39. The Morgan fingerprint density at radius 2 is 1.92 bits per heavy atom. The number of nitrogens with zero attached hydrogens (tertiary/aromatic N) is 2. The Bertz CT molecular complexity index is 1350. The molecule has 0 saturated carbocycles. The van der Waals surface area contributed by atoms with Crippen LogP contribution in [0.25, 0.3) is 5.57 Å². The van der Waals surface area contributed by atoms with E-state index in [4.69, 9.17) is 16.3 Å². The molecule has 6 nitrogen and oxygen atoms in total. The maximum absolute atomic E-state index is 15.0. The molecule has 2 aromatic carbocycles. The molecule has 0 radical (unpaired) electrons. The zero-order valence-electron chi connectivity index (χ0n) is 20.5. The minimum atomic E-state index is -4.23. The molecule has 1 N–H and O–H groups in total. The molecule has 0 fully saturated rings. The van der Waals surface area contributed by atoms with E-state index in [2.05, 4.69) is 34.5 Å². The van der Waals surface area contributed by atoms with Gasteiger partial charge in [-0.1, -0.05) is 43.7 Å². The quantitative estimate of drug-likeness (QED) is 0.304. The Morgan fingerprint density at radius 1 is 1.19 bits per heavy atom. The molecule has 11 heteroatoms. The van der Waals surface area contributed by atoms with Gasteiger partial charge in [-0.25, -0.2) is 22.2 Å². The average molecular weight is 568 g/mol. The van der Waals surface area contributed by atoms with Crippen molar-refractivity contribution in [3.05, 3.63) is 75.6 Å². The molecule has 0 spiro atoms. The second-order valence-electron chi connectivity index (χ2n) is 8.64. The third kappa shape index (κ3) is 6.31.